The highest BCUT2D eigenvalue weighted by Crippen LogP contribution is 2.41. The lowest BCUT2D eigenvalue weighted by molar-refractivity contribution is 0.683. The average Bonchev–Trinajstić information content (AvgIpc) is 2.63. The molecule has 1 aliphatic carbocycles. The van der Waals surface area contributed by atoms with Crippen LogP contribution in [0.1, 0.15) is 30.5 Å². The maximum atomic E-state index is 2.42. The van der Waals surface area contributed by atoms with E-state index >= 15 is 0 Å². The number of hydrogen-bond acceptors (Lipinski definition) is 0. The summed E-state index contributed by atoms with van der Waals surface area (Å²) in [5.41, 5.74) is 5.89. The molecule has 0 N–H and O–H groups in total. The maximum Gasteiger partial charge on any atom is 0.00874 e. The zero-order valence-corrected chi connectivity index (χ0v) is 11.0. The highest BCUT2D eigenvalue weighted by atomic mass is 14.3. The van der Waals surface area contributed by atoms with Crippen molar-refractivity contribution in [2.75, 3.05) is 0 Å². The van der Waals surface area contributed by atoms with Crippen molar-refractivity contribution in [3.63, 3.8) is 0 Å². The van der Waals surface area contributed by atoms with Gasteiger partial charge in [-0.15, -0.1) is 0 Å². The van der Waals surface area contributed by atoms with Gasteiger partial charge in [0.1, 0.15) is 0 Å². The van der Waals surface area contributed by atoms with E-state index in [1.807, 2.05) is 0 Å². The normalized spacial score (nSPS) is 16.2. The molecule has 0 atom stereocenters. The third-order valence-electron chi connectivity index (χ3n) is 3.74. The molecule has 0 heterocycles. The van der Waals surface area contributed by atoms with E-state index < -0.39 is 0 Å². The van der Waals surface area contributed by atoms with Crippen LogP contribution in [0.2, 0.25) is 0 Å². The smallest absolute Gasteiger partial charge is 0.00874 e. The molecule has 0 aliphatic heterocycles. The minimum absolute atomic E-state index is 0.167. The first kappa shape index (κ1) is 11.3. The highest BCUT2D eigenvalue weighted by Gasteiger charge is 2.28. The summed E-state index contributed by atoms with van der Waals surface area (Å²) >= 11 is 0. The van der Waals surface area contributed by atoms with Crippen LogP contribution in [0.15, 0.2) is 60.7 Å². The lowest BCUT2D eigenvalue weighted by Gasteiger charge is -2.16. The molecule has 0 heteroatoms. The van der Waals surface area contributed by atoms with Gasteiger partial charge < -0.3 is 0 Å². The number of benzene rings is 2. The Kier molecular flexibility index (Phi) is 2.59. The second-order valence-electron chi connectivity index (χ2n) is 5.60. The Morgan fingerprint density at radius 2 is 1.50 bits per heavy atom. The fourth-order valence-corrected chi connectivity index (χ4v) is 2.88. The summed E-state index contributed by atoms with van der Waals surface area (Å²) in [6.07, 6.45) is 3.45. The lowest BCUT2D eigenvalue weighted by Crippen LogP contribution is -2.10. The number of rotatable bonds is 2. The number of hydrogen-bond donors (Lipinski definition) is 0. The van der Waals surface area contributed by atoms with Crippen LogP contribution in [0.3, 0.4) is 0 Å². The molecule has 3 rings (SSSR count). The second kappa shape index (κ2) is 4.13. The Morgan fingerprint density at radius 1 is 0.833 bits per heavy atom. The fourth-order valence-electron chi connectivity index (χ4n) is 2.88. The van der Waals surface area contributed by atoms with Crippen molar-refractivity contribution < 1.29 is 0 Å². The first-order valence-corrected chi connectivity index (χ1v) is 6.52. The van der Waals surface area contributed by atoms with Gasteiger partial charge in [-0.05, 0) is 28.7 Å². The molecule has 0 spiro atoms. The summed E-state index contributed by atoms with van der Waals surface area (Å²) in [7, 11) is 0. The summed E-state index contributed by atoms with van der Waals surface area (Å²) in [4.78, 5) is 0. The van der Waals surface area contributed by atoms with Gasteiger partial charge in [0.05, 0.1) is 0 Å². The standard InChI is InChI=1S/C18H18/c1-18(2)13-15(12-14-8-4-3-5-9-14)16-10-6-7-11-17(16)18/h3-11,13H,12H2,1-2H3. The van der Waals surface area contributed by atoms with Gasteiger partial charge in [-0.25, -0.2) is 0 Å². The van der Waals surface area contributed by atoms with Gasteiger partial charge in [0.25, 0.3) is 0 Å². The van der Waals surface area contributed by atoms with Gasteiger partial charge in [-0.1, -0.05) is 74.5 Å². The van der Waals surface area contributed by atoms with E-state index in [1.54, 1.807) is 0 Å². The van der Waals surface area contributed by atoms with Crippen molar-refractivity contribution in [2.45, 2.75) is 25.7 Å². The molecule has 0 amide bonds. The van der Waals surface area contributed by atoms with Crippen molar-refractivity contribution in [1.82, 2.24) is 0 Å². The van der Waals surface area contributed by atoms with Gasteiger partial charge in [0, 0.05) is 5.41 Å². The molecule has 0 unspecified atom stereocenters. The molecule has 0 saturated heterocycles. The highest BCUT2D eigenvalue weighted by molar-refractivity contribution is 5.77. The molecular weight excluding hydrogens is 216 g/mol. The molecule has 18 heavy (non-hydrogen) atoms. The van der Waals surface area contributed by atoms with Crippen LogP contribution in [0.4, 0.5) is 0 Å². The minimum atomic E-state index is 0.167. The first-order valence-electron chi connectivity index (χ1n) is 6.52. The Labute approximate surface area is 109 Å². The van der Waals surface area contributed by atoms with Crippen molar-refractivity contribution in [3.05, 3.63) is 77.4 Å². The van der Waals surface area contributed by atoms with E-state index in [2.05, 4.69) is 74.5 Å². The largest absolute Gasteiger partial charge is 0.0703 e. The Hall–Kier alpha value is -1.82. The van der Waals surface area contributed by atoms with Crippen LogP contribution in [-0.4, -0.2) is 0 Å². The molecule has 0 fully saturated rings. The van der Waals surface area contributed by atoms with Crippen LogP contribution in [-0.2, 0) is 11.8 Å². The number of fused-ring (bicyclic) bond motifs is 1. The number of allylic oxidation sites excluding steroid dienone is 2. The monoisotopic (exact) mass is 234 g/mol. The topological polar surface area (TPSA) is 0 Å². The summed E-state index contributed by atoms with van der Waals surface area (Å²) in [5, 5.41) is 0. The third kappa shape index (κ3) is 1.88. The average molecular weight is 234 g/mol. The van der Waals surface area contributed by atoms with E-state index in [1.165, 1.54) is 22.3 Å². The van der Waals surface area contributed by atoms with E-state index in [0.29, 0.717) is 0 Å². The molecule has 0 aromatic heterocycles. The fraction of sp³-hybridized carbons (Fsp3) is 0.222. The first-order chi connectivity index (χ1) is 8.67. The van der Waals surface area contributed by atoms with E-state index in [0.717, 1.165) is 6.42 Å². The summed E-state index contributed by atoms with van der Waals surface area (Å²) in [5.74, 6) is 0. The van der Waals surface area contributed by atoms with E-state index in [-0.39, 0.29) is 5.41 Å². The van der Waals surface area contributed by atoms with Crippen LogP contribution >= 0.6 is 0 Å². The van der Waals surface area contributed by atoms with Crippen molar-refractivity contribution >= 4 is 5.57 Å². The van der Waals surface area contributed by atoms with Gasteiger partial charge in [0.2, 0.25) is 0 Å². The van der Waals surface area contributed by atoms with Crippen molar-refractivity contribution in [3.8, 4) is 0 Å². The third-order valence-corrected chi connectivity index (χ3v) is 3.74. The summed E-state index contributed by atoms with van der Waals surface area (Å²) in [6.45, 7) is 4.59. The molecule has 2 aromatic carbocycles. The zero-order chi connectivity index (χ0) is 12.6. The lowest BCUT2D eigenvalue weighted by atomic mass is 9.87. The molecule has 0 nitrogen and oxygen atoms in total. The van der Waals surface area contributed by atoms with Crippen LogP contribution < -0.4 is 0 Å². The van der Waals surface area contributed by atoms with Crippen molar-refractivity contribution in [2.24, 2.45) is 0 Å². The molecular formula is C18H18. The van der Waals surface area contributed by atoms with Crippen LogP contribution in [0, 0.1) is 0 Å². The Morgan fingerprint density at radius 3 is 2.28 bits per heavy atom. The predicted octanol–water partition coefficient (Wildman–Crippen LogP) is 4.60. The molecule has 0 saturated carbocycles. The minimum Gasteiger partial charge on any atom is -0.0703 e. The molecule has 0 radical (unpaired) electrons. The SMILES string of the molecule is CC1(C)C=C(Cc2ccccc2)c2ccccc21. The quantitative estimate of drug-likeness (QED) is 0.712. The maximum absolute atomic E-state index is 2.42. The van der Waals surface area contributed by atoms with Gasteiger partial charge in [-0.2, -0.15) is 0 Å². The predicted molar refractivity (Wildman–Crippen MR) is 77.6 cm³/mol. The summed E-state index contributed by atoms with van der Waals surface area (Å²) < 4.78 is 0. The van der Waals surface area contributed by atoms with E-state index in [4.69, 9.17) is 0 Å². The Balaban J connectivity index is 2.00. The van der Waals surface area contributed by atoms with Gasteiger partial charge in [-0.3, -0.25) is 0 Å². The molecule has 1 aliphatic rings. The van der Waals surface area contributed by atoms with E-state index in [9.17, 15) is 0 Å². The zero-order valence-electron chi connectivity index (χ0n) is 11.0. The Bertz CT molecular complexity index is 588. The molecule has 0 bridgehead atoms. The summed E-state index contributed by atoms with van der Waals surface area (Å²) in [6, 6.07) is 19.5. The second-order valence-corrected chi connectivity index (χ2v) is 5.60. The van der Waals surface area contributed by atoms with Gasteiger partial charge in [0.15, 0.2) is 0 Å². The van der Waals surface area contributed by atoms with Gasteiger partial charge >= 0.3 is 0 Å². The van der Waals surface area contributed by atoms with Crippen molar-refractivity contribution in [1.29, 1.82) is 0 Å². The molecule has 90 valence electrons. The van der Waals surface area contributed by atoms with Crippen LogP contribution in [0.25, 0.3) is 5.57 Å². The van der Waals surface area contributed by atoms with Crippen LogP contribution in [0.5, 0.6) is 0 Å². The molecule has 2 aromatic rings.